The van der Waals surface area contributed by atoms with Crippen LogP contribution in [0.4, 0.5) is 11.4 Å². The molecule has 6 nitrogen and oxygen atoms in total. The number of nitrogens with one attached hydrogen (secondary N) is 2. The highest BCUT2D eigenvalue weighted by Crippen LogP contribution is 2.19. The molecule has 1 aliphatic rings. The van der Waals surface area contributed by atoms with Gasteiger partial charge in [-0.2, -0.15) is 0 Å². The molecule has 0 aliphatic carbocycles. The topological polar surface area (TPSA) is 64.7 Å². The van der Waals surface area contributed by atoms with Crippen LogP contribution in [-0.2, 0) is 9.59 Å². The molecule has 0 bridgehead atoms. The quantitative estimate of drug-likeness (QED) is 0.771. The second kappa shape index (κ2) is 9.87. The van der Waals surface area contributed by atoms with Gasteiger partial charge in [0.25, 0.3) is 0 Å². The molecular formula is C24H32N4O2. The summed E-state index contributed by atoms with van der Waals surface area (Å²) in [4.78, 5) is 29.1. The number of amides is 2. The van der Waals surface area contributed by atoms with Gasteiger partial charge in [-0.1, -0.05) is 24.3 Å². The third-order valence-electron chi connectivity index (χ3n) is 5.74. The first kappa shape index (κ1) is 22.0. The van der Waals surface area contributed by atoms with Crippen LogP contribution in [0.2, 0.25) is 0 Å². The average molecular weight is 409 g/mol. The molecule has 1 heterocycles. The first-order valence-corrected chi connectivity index (χ1v) is 10.5. The number of hydrogen-bond acceptors (Lipinski definition) is 4. The zero-order chi connectivity index (χ0) is 21.7. The van der Waals surface area contributed by atoms with Gasteiger partial charge in [0.05, 0.1) is 13.1 Å². The second-order valence-electron chi connectivity index (χ2n) is 8.21. The number of rotatable bonds is 6. The van der Waals surface area contributed by atoms with Crippen LogP contribution in [0.3, 0.4) is 0 Å². The third-order valence-corrected chi connectivity index (χ3v) is 5.74. The van der Waals surface area contributed by atoms with Gasteiger partial charge in [0, 0.05) is 37.6 Å². The normalized spacial score (nSPS) is 15.1. The molecule has 1 aliphatic heterocycles. The number of carbonyl (C=O) groups excluding carboxylic acids is 2. The van der Waals surface area contributed by atoms with Crippen LogP contribution in [0.25, 0.3) is 0 Å². The lowest BCUT2D eigenvalue weighted by atomic mass is 10.1. The lowest BCUT2D eigenvalue weighted by Gasteiger charge is -2.33. The summed E-state index contributed by atoms with van der Waals surface area (Å²) in [6, 6.07) is 12.0. The van der Waals surface area contributed by atoms with Gasteiger partial charge in [-0.25, -0.2) is 0 Å². The fourth-order valence-corrected chi connectivity index (χ4v) is 3.72. The fourth-order valence-electron chi connectivity index (χ4n) is 3.72. The zero-order valence-electron chi connectivity index (χ0n) is 18.4. The minimum Gasteiger partial charge on any atom is -0.325 e. The van der Waals surface area contributed by atoms with Gasteiger partial charge in [0.15, 0.2) is 0 Å². The van der Waals surface area contributed by atoms with Crippen molar-refractivity contribution in [2.75, 3.05) is 49.9 Å². The van der Waals surface area contributed by atoms with E-state index < -0.39 is 0 Å². The van der Waals surface area contributed by atoms with Crippen molar-refractivity contribution in [1.82, 2.24) is 9.80 Å². The Labute approximate surface area is 179 Å². The van der Waals surface area contributed by atoms with E-state index >= 15 is 0 Å². The maximum absolute atomic E-state index is 12.5. The first-order chi connectivity index (χ1) is 14.3. The van der Waals surface area contributed by atoms with E-state index in [-0.39, 0.29) is 11.8 Å². The van der Waals surface area contributed by atoms with Crippen LogP contribution in [0.15, 0.2) is 36.4 Å². The minimum absolute atomic E-state index is 0.000487. The maximum Gasteiger partial charge on any atom is 0.238 e. The van der Waals surface area contributed by atoms with E-state index in [0.29, 0.717) is 13.1 Å². The molecule has 0 unspecified atom stereocenters. The van der Waals surface area contributed by atoms with Gasteiger partial charge in [0.2, 0.25) is 11.8 Å². The number of anilines is 2. The van der Waals surface area contributed by atoms with Crippen LogP contribution in [0.1, 0.15) is 22.3 Å². The Kier molecular flexibility index (Phi) is 7.24. The first-order valence-electron chi connectivity index (χ1n) is 10.5. The van der Waals surface area contributed by atoms with Gasteiger partial charge in [0.1, 0.15) is 0 Å². The lowest BCUT2D eigenvalue weighted by Crippen LogP contribution is -2.50. The van der Waals surface area contributed by atoms with Gasteiger partial charge in [-0.05, 0) is 62.1 Å². The maximum atomic E-state index is 12.5. The fraction of sp³-hybridized carbons (Fsp3) is 0.417. The third kappa shape index (κ3) is 5.90. The molecule has 2 aromatic rings. The van der Waals surface area contributed by atoms with E-state index in [1.54, 1.807) is 0 Å². The largest absolute Gasteiger partial charge is 0.325 e. The van der Waals surface area contributed by atoms with Crippen molar-refractivity contribution in [2.45, 2.75) is 27.7 Å². The van der Waals surface area contributed by atoms with Crippen molar-refractivity contribution in [3.63, 3.8) is 0 Å². The summed E-state index contributed by atoms with van der Waals surface area (Å²) in [5.74, 6) is 0.00723. The Bertz CT molecular complexity index is 897. The van der Waals surface area contributed by atoms with Gasteiger partial charge < -0.3 is 10.6 Å². The number of piperazine rings is 1. The summed E-state index contributed by atoms with van der Waals surface area (Å²) in [7, 11) is 0. The van der Waals surface area contributed by atoms with Crippen LogP contribution in [0.5, 0.6) is 0 Å². The van der Waals surface area contributed by atoms with E-state index in [0.717, 1.165) is 48.7 Å². The second-order valence-corrected chi connectivity index (χ2v) is 8.21. The zero-order valence-corrected chi connectivity index (χ0v) is 18.4. The van der Waals surface area contributed by atoms with Crippen molar-refractivity contribution >= 4 is 23.2 Å². The van der Waals surface area contributed by atoms with Crippen LogP contribution in [-0.4, -0.2) is 60.9 Å². The molecule has 2 amide bonds. The number of para-hydroxylation sites is 1. The Hall–Kier alpha value is -2.70. The molecule has 3 rings (SSSR count). The van der Waals surface area contributed by atoms with Crippen LogP contribution in [0, 0.1) is 27.7 Å². The lowest BCUT2D eigenvalue weighted by molar-refractivity contribution is -0.120. The summed E-state index contributed by atoms with van der Waals surface area (Å²) in [6.45, 7) is 12.0. The van der Waals surface area contributed by atoms with Crippen molar-refractivity contribution < 1.29 is 9.59 Å². The smallest absolute Gasteiger partial charge is 0.238 e. The number of hydrogen-bond donors (Lipinski definition) is 2. The highest BCUT2D eigenvalue weighted by Gasteiger charge is 2.21. The number of benzene rings is 2. The van der Waals surface area contributed by atoms with Crippen molar-refractivity contribution in [2.24, 2.45) is 0 Å². The van der Waals surface area contributed by atoms with Crippen LogP contribution < -0.4 is 10.6 Å². The number of nitrogens with zero attached hydrogens (tertiary/aromatic N) is 2. The Balaban J connectivity index is 1.42. The molecule has 0 atom stereocenters. The molecule has 1 fully saturated rings. The Morgan fingerprint density at radius 3 is 1.80 bits per heavy atom. The minimum atomic E-state index is -0.000487. The van der Waals surface area contributed by atoms with Gasteiger partial charge in [-0.3, -0.25) is 19.4 Å². The molecule has 0 saturated carbocycles. The molecule has 0 aromatic heterocycles. The molecule has 0 radical (unpaired) electrons. The van der Waals surface area contributed by atoms with E-state index in [2.05, 4.69) is 27.4 Å². The predicted molar refractivity (Wildman–Crippen MR) is 122 cm³/mol. The van der Waals surface area contributed by atoms with Crippen molar-refractivity contribution in [1.29, 1.82) is 0 Å². The monoisotopic (exact) mass is 408 g/mol. The summed E-state index contributed by atoms with van der Waals surface area (Å²) in [5, 5.41) is 6.03. The molecule has 160 valence electrons. The van der Waals surface area contributed by atoms with Crippen LogP contribution >= 0.6 is 0 Å². The van der Waals surface area contributed by atoms with E-state index in [9.17, 15) is 9.59 Å². The molecular weight excluding hydrogens is 376 g/mol. The van der Waals surface area contributed by atoms with E-state index in [4.69, 9.17) is 0 Å². The molecule has 30 heavy (non-hydrogen) atoms. The summed E-state index contributed by atoms with van der Waals surface area (Å²) in [6.07, 6.45) is 0. The molecule has 2 N–H and O–H groups in total. The Morgan fingerprint density at radius 2 is 1.27 bits per heavy atom. The van der Waals surface area contributed by atoms with Crippen molar-refractivity contribution in [3.8, 4) is 0 Å². The molecule has 2 aromatic carbocycles. The van der Waals surface area contributed by atoms with Gasteiger partial charge in [-0.15, -0.1) is 0 Å². The number of carbonyl (C=O) groups is 2. The Morgan fingerprint density at radius 1 is 0.733 bits per heavy atom. The predicted octanol–water partition coefficient (Wildman–Crippen LogP) is 3.12. The van der Waals surface area contributed by atoms with Gasteiger partial charge >= 0.3 is 0 Å². The SMILES string of the molecule is Cc1ccc(NC(=O)CN2CCN(CC(=O)Nc3c(C)cccc3C)CC2)cc1C. The summed E-state index contributed by atoms with van der Waals surface area (Å²) >= 11 is 0. The molecule has 1 saturated heterocycles. The standard InChI is InChI=1S/C24H32N4O2/c1-17-8-9-21(14-20(17)4)25-22(29)15-27-10-12-28(13-11-27)16-23(30)26-24-18(2)6-5-7-19(24)3/h5-9,14H,10-13,15-16H2,1-4H3,(H,25,29)(H,26,30). The highest BCUT2D eigenvalue weighted by atomic mass is 16.2. The highest BCUT2D eigenvalue weighted by molar-refractivity contribution is 5.94. The average Bonchev–Trinajstić information content (AvgIpc) is 2.69. The van der Waals surface area contributed by atoms with Crippen molar-refractivity contribution in [3.05, 3.63) is 58.7 Å². The van der Waals surface area contributed by atoms with E-state index in [1.807, 2.05) is 57.2 Å². The molecule has 0 spiro atoms. The summed E-state index contributed by atoms with van der Waals surface area (Å²) < 4.78 is 0. The number of aryl methyl sites for hydroxylation is 4. The summed E-state index contributed by atoms with van der Waals surface area (Å²) in [5.41, 5.74) is 6.27. The van der Waals surface area contributed by atoms with E-state index in [1.165, 1.54) is 11.1 Å². The molecule has 6 heteroatoms.